The van der Waals surface area contributed by atoms with Crippen LogP contribution in [0.15, 0.2) is 122 Å². The zero-order valence-electron chi connectivity index (χ0n) is 49.4. The summed E-state index contributed by atoms with van der Waals surface area (Å²) in [6.07, 6.45) is 75.9. The van der Waals surface area contributed by atoms with Crippen LogP contribution in [0.5, 0.6) is 0 Å². The first kappa shape index (κ1) is 72.4. The van der Waals surface area contributed by atoms with Crippen molar-refractivity contribution in [2.45, 2.75) is 245 Å². The molecule has 0 heterocycles. The summed E-state index contributed by atoms with van der Waals surface area (Å²) in [7, 11) is 1.13. The zero-order valence-corrected chi connectivity index (χ0v) is 50.3. The van der Waals surface area contributed by atoms with E-state index in [1.54, 1.807) is 0 Å². The Balaban J connectivity index is 5.36. The molecule has 9 nitrogen and oxygen atoms in total. The van der Waals surface area contributed by atoms with Gasteiger partial charge in [0.15, 0.2) is 0 Å². The first-order chi connectivity index (χ1) is 36.9. The fourth-order valence-electron chi connectivity index (χ4n) is 8.01. The van der Waals surface area contributed by atoms with Crippen LogP contribution >= 0.6 is 7.82 Å². The van der Waals surface area contributed by atoms with Crippen molar-refractivity contribution in [3.63, 3.8) is 0 Å². The Morgan fingerprint density at radius 3 is 1.26 bits per heavy atom. The number of esters is 1. The number of hydrogen-bond acceptors (Lipinski definition) is 7. The van der Waals surface area contributed by atoms with Crippen molar-refractivity contribution in [2.75, 3.05) is 40.9 Å². The highest BCUT2D eigenvalue weighted by molar-refractivity contribution is 7.45. The Morgan fingerprint density at radius 2 is 0.842 bits per heavy atom. The third kappa shape index (κ3) is 55.2. The summed E-state index contributed by atoms with van der Waals surface area (Å²) in [5.74, 6) is -0.605. The van der Waals surface area contributed by atoms with E-state index in [0.717, 1.165) is 128 Å². The zero-order chi connectivity index (χ0) is 55.7. The van der Waals surface area contributed by atoms with Gasteiger partial charge in [-0.3, -0.25) is 14.2 Å². The molecular weight excluding hydrogens is 964 g/mol. The van der Waals surface area contributed by atoms with E-state index in [-0.39, 0.29) is 31.3 Å². The van der Waals surface area contributed by atoms with Gasteiger partial charge in [-0.1, -0.05) is 226 Å². The number of carbonyl (C=O) groups is 2. The van der Waals surface area contributed by atoms with E-state index in [4.69, 9.17) is 13.8 Å². The summed E-state index contributed by atoms with van der Waals surface area (Å²) >= 11 is 0. The smallest absolute Gasteiger partial charge is 0.306 e. The van der Waals surface area contributed by atoms with Crippen LogP contribution in [-0.2, 0) is 27.9 Å². The lowest BCUT2D eigenvalue weighted by Gasteiger charge is -2.30. The molecule has 0 bridgehead atoms. The Hall–Kier alpha value is -3.59. The number of allylic oxidation sites excluding steroid dienone is 19. The van der Waals surface area contributed by atoms with Crippen molar-refractivity contribution in [1.82, 2.24) is 5.32 Å². The van der Waals surface area contributed by atoms with Crippen molar-refractivity contribution in [3.8, 4) is 0 Å². The molecule has 0 aliphatic rings. The average Bonchev–Trinajstić information content (AvgIpc) is 3.38. The van der Waals surface area contributed by atoms with Gasteiger partial charge in [-0.05, 0) is 115 Å². The summed E-state index contributed by atoms with van der Waals surface area (Å²) < 4.78 is 30.3. The van der Waals surface area contributed by atoms with E-state index >= 15 is 0 Å². The summed E-state index contributed by atoms with van der Waals surface area (Å²) in [6.45, 7) is 6.56. The van der Waals surface area contributed by atoms with Gasteiger partial charge in [0.2, 0.25) is 5.91 Å². The van der Waals surface area contributed by atoms with E-state index in [9.17, 15) is 19.0 Å². The van der Waals surface area contributed by atoms with Gasteiger partial charge in [-0.2, -0.15) is 0 Å². The molecule has 1 amide bonds. The standard InChI is InChI=1S/C66H113N2O7P/c1-7-10-13-16-19-22-25-28-30-31-32-33-34-35-36-37-38-40-43-46-49-52-55-58-65(69)67-63(62-74-76(71,72)73-61-60-68(4,5)6)64(57-54-51-48-45-42-39-27-24-21-18-15-12-9-3)75-66(70)59-56-53-50-47-44-41-29-26-23-20-17-14-11-8-2/h10-11,13-14,19-20,22-23,28-30,32-33,35-36,38,40-41,54,57,63-64H,7-9,12,15-18,21,24-27,31,34,37,39,42-53,55-56,58-62H2,1-6H3,(H-,67,69,71,72)/b13-10-,14-11+,22-19-,23-20+,30-28-,33-32-,36-35-,40-38-,41-29+,57-54-. The number of unbranched alkanes of at least 4 members (excludes halogenated alkanes) is 19. The predicted molar refractivity (Wildman–Crippen MR) is 325 cm³/mol. The molecule has 0 saturated heterocycles. The minimum atomic E-state index is -4.72. The van der Waals surface area contributed by atoms with Crippen LogP contribution in [-0.4, -0.2) is 69.4 Å². The fraction of sp³-hybridized carbons (Fsp3) is 0.667. The lowest BCUT2D eigenvalue weighted by atomic mass is 10.0. The molecule has 0 aliphatic carbocycles. The number of rotatable bonds is 53. The number of amides is 1. The van der Waals surface area contributed by atoms with E-state index in [1.807, 2.05) is 33.3 Å². The summed E-state index contributed by atoms with van der Waals surface area (Å²) in [5.41, 5.74) is 0. The number of hydrogen-bond donors (Lipinski definition) is 1. The predicted octanol–water partition coefficient (Wildman–Crippen LogP) is 18.1. The number of nitrogens with one attached hydrogen (secondary N) is 1. The second kappa shape index (κ2) is 54.8. The first-order valence-corrected chi connectivity index (χ1v) is 31.8. The minimum Gasteiger partial charge on any atom is -0.756 e. The second-order valence-corrected chi connectivity index (χ2v) is 22.5. The molecule has 1 N–H and O–H groups in total. The molecular formula is C66H113N2O7P. The highest BCUT2D eigenvalue weighted by Crippen LogP contribution is 2.38. The van der Waals surface area contributed by atoms with Crippen molar-refractivity contribution < 1.29 is 37.3 Å². The van der Waals surface area contributed by atoms with Gasteiger partial charge in [0, 0.05) is 12.8 Å². The van der Waals surface area contributed by atoms with Gasteiger partial charge in [0.25, 0.3) is 7.82 Å². The molecule has 3 atom stereocenters. The minimum absolute atomic E-state index is 0.0382. The highest BCUT2D eigenvalue weighted by atomic mass is 31.2. The topological polar surface area (TPSA) is 114 Å². The van der Waals surface area contributed by atoms with E-state index in [2.05, 4.69) is 135 Å². The van der Waals surface area contributed by atoms with Gasteiger partial charge in [0.05, 0.1) is 33.8 Å². The van der Waals surface area contributed by atoms with Crippen molar-refractivity contribution in [1.29, 1.82) is 0 Å². The molecule has 3 unspecified atom stereocenters. The van der Waals surface area contributed by atoms with Crippen LogP contribution in [0.1, 0.15) is 233 Å². The number of phosphoric ester groups is 1. The third-order valence-electron chi connectivity index (χ3n) is 12.6. The summed E-state index contributed by atoms with van der Waals surface area (Å²) in [5, 5.41) is 3.00. The Morgan fingerprint density at radius 1 is 0.474 bits per heavy atom. The highest BCUT2D eigenvalue weighted by Gasteiger charge is 2.27. The maximum atomic E-state index is 13.5. The molecule has 76 heavy (non-hydrogen) atoms. The van der Waals surface area contributed by atoms with Gasteiger partial charge >= 0.3 is 5.97 Å². The van der Waals surface area contributed by atoms with Gasteiger partial charge in [-0.25, -0.2) is 0 Å². The molecule has 0 fully saturated rings. The van der Waals surface area contributed by atoms with Crippen molar-refractivity contribution in [2.24, 2.45) is 0 Å². The SMILES string of the molecule is CC/C=C\C/C=C\C/C=C\C/C=C\C/C=C\C/C=C\CCCCCCC(=O)NC(COP(=O)([O-])OCC[N+](C)(C)C)C(/C=C\CCCCCCCCCCCCC)OC(=O)CCCCCC/C=C/C/C=C/C/C=C/CC. The van der Waals surface area contributed by atoms with Crippen LogP contribution in [0, 0.1) is 0 Å². The van der Waals surface area contributed by atoms with Crippen LogP contribution in [0.4, 0.5) is 0 Å². The van der Waals surface area contributed by atoms with Gasteiger partial charge in [0.1, 0.15) is 19.3 Å². The molecule has 0 rings (SSSR count). The number of ether oxygens (including phenoxy) is 1. The van der Waals surface area contributed by atoms with Gasteiger partial charge in [-0.15, -0.1) is 0 Å². The van der Waals surface area contributed by atoms with Crippen LogP contribution in [0.2, 0.25) is 0 Å². The Kier molecular flexibility index (Phi) is 52.2. The molecule has 0 aliphatic heterocycles. The second-order valence-electron chi connectivity index (χ2n) is 21.1. The molecule has 0 spiro atoms. The maximum Gasteiger partial charge on any atom is 0.306 e. The average molecular weight is 1080 g/mol. The molecule has 0 aromatic rings. The van der Waals surface area contributed by atoms with E-state index in [1.165, 1.54) is 57.8 Å². The monoisotopic (exact) mass is 1080 g/mol. The molecule has 434 valence electrons. The lowest BCUT2D eigenvalue weighted by molar-refractivity contribution is -0.870. The number of phosphoric acid groups is 1. The molecule has 0 aromatic heterocycles. The lowest BCUT2D eigenvalue weighted by Crippen LogP contribution is -2.47. The van der Waals surface area contributed by atoms with Crippen molar-refractivity contribution in [3.05, 3.63) is 122 Å². The first-order valence-electron chi connectivity index (χ1n) is 30.3. The number of carbonyl (C=O) groups excluding carboxylic acids is 2. The van der Waals surface area contributed by atoms with Crippen LogP contribution < -0.4 is 10.2 Å². The quantitative estimate of drug-likeness (QED) is 0.0212. The van der Waals surface area contributed by atoms with E-state index in [0.29, 0.717) is 23.9 Å². The molecule has 0 radical (unpaired) electrons. The molecule has 0 aromatic carbocycles. The van der Waals surface area contributed by atoms with Crippen LogP contribution in [0.3, 0.4) is 0 Å². The normalized spacial score (nSPS) is 14.6. The van der Waals surface area contributed by atoms with Crippen LogP contribution in [0.25, 0.3) is 0 Å². The summed E-state index contributed by atoms with van der Waals surface area (Å²) in [4.78, 5) is 39.9. The third-order valence-corrected chi connectivity index (χ3v) is 13.6. The van der Waals surface area contributed by atoms with Gasteiger partial charge < -0.3 is 28.5 Å². The summed E-state index contributed by atoms with van der Waals surface area (Å²) in [6, 6.07) is -0.920. The molecule has 10 heteroatoms. The number of quaternary nitrogens is 1. The Labute approximate surface area is 467 Å². The Bertz CT molecular complexity index is 1720. The largest absolute Gasteiger partial charge is 0.756 e. The fourth-order valence-corrected chi connectivity index (χ4v) is 8.73. The number of likely N-dealkylation sites (N-methyl/N-ethyl adjacent to an activating group) is 1. The molecule has 0 saturated carbocycles. The number of nitrogens with zero attached hydrogens (tertiary/aromatic N) is 1. The van der Waals surface area contributed by atoms with E-state index < -0.39 is 26.6 Å². The van der Waals surface area contributed by atoms with Crippen molar-refractivity contribution >= 4 is 19.7 Å². The maximum absolute atomic E-state index is 13.5.